The Kier molecular flexibility index (Phi) is 4.21. The minimum Gasteiger partial charge on any atom is -0.298 e. The first-order valence-corrected chi connectivity index (χ1v) is 4.96. The number of halogens is 2. The van der Waals surface area contributed by atoms with Crippen molar-refractivity contribution in [3.8, 4) is 6.07 Å². The highest BCUT2D eigenvalue weighted by Gasteiger charge is 2.05. The van der Waals surface area contributed by atoms with Crippen LogP contribution >= 0.6 is 23.2 Å². The van der Waals surface area contributed by atoms with Gasteiger partial charge in [-0.1, -0.05) is 35.3 Å². The summed E-state index contributed by atoms with van der Waals surface area (Å²) in [4.78, 5) is 0. The van der Waals surface area contributed by atoms with E-state index in [-0.39, 0.29) is 6.04 Å². The SMILES string of the molecule is CC(C#N)NCc1cccc(Cl)c1Cl. The highest BCUT2D eigenvalue weighted by Crippen LogP contribution is 2.25. The van der Waals surface area contributed by atoms with Gasteiger partial charge in [-0.05, 0) is 18.6 Å². The van der Waals surface area contributed by atoms with Crippen LogP contribution in [0.5, 0.6) is 0 Å². The molecule has 0 amide bonds. The third kappa shape index (κ3) is 2.88. The molecule has 0 spiro atoms. The van der Waals surface area contributed by atoms with E-state index in [1.54, 1.807) is 13.0 Å². The van der Waals surface area contributed by atoms with Crippen LogP contribution in [0.2, 0.25) is 10.0 Å². The lowest BCUT2D eigenvalue weighted by atomic mass is 10.2. The number of nitrogens with zero attached hydrogens (tertiary/aromatic N) is 1. The average molecular weight is 229 g/mol. The first-order valence-electron chi connectivity index (χ1n) is 4.21. The molecule has 1 N–H and O–H groups in total. The van der Waals surface area contributed by atoms with Gasteiger partial charge < -0.3 is 0 Å². The molecule has 0 aromatic heterocycles. The zero-order chi connectivity index (χ0) is 10.6. The molecule has 0 aliphatic rings. The highest BCUT2D eigenvalue weighted by atomic mass is 35.5. The van der Waals surface area contributed by atoms with Gasteiger partial charge in [0.15, 0.2) is 0 Å². The lowest BCUT2D eigenvalue weighted by molar-refractivity contribution is 0.642. The summed E-state index contributed by atoms with van der Waals surface area (Å²) in [6, 6.07) is 7.35. The van der Waals surface area contributed by atoms with Gasteiger partial charge in [-0.3, -0.25) is 5.32 Å². The number of hydrogen-bond acceptors (Lipinski definition) is 2. The molecule has 1 aromatic rings. The fourth-order valence-electron chi connectivity index (χ4n) is 0.994. The van der Waals surface area contributed by atoms with Gasteiger partial charge in [0, 0.05) is 6.54 Å². The second-order valence-corrected chi connectivity index (χ2v) is 3.73. The summed E-state index contributed by atoms with van der Waals surface area (Å²) in [5.74, 6) is 0. The van der Waals surface area contributed by atoms with Gasteiger partial charge in [0.1, 0.15) is 0 Å². The first kappa shape index (κ1) is 11.3. The molecule has 1 rings (SSSR count). The van der Waals surface area contributed by atoms with Crippen LogP contribution in [0.15, 0.2) is 18.2 Å². The highest BCUT2D eigenvalue weighted by molar-refractivity contribution is 6.42. The van der Waals surface area contributed by atoms with Crippen molar-refractivity contribution >= 4 is 23.2 Å². The molecule has 1 aromatic carbocycles. The Morgan fingerprint density at radius 2 is 2.21 bits per heavy atom. The van der Waals surface area contributed by atoms with Crippen LogP contribution in [0.25, 0.3) is 0 Å². The number of benzene rings is 1. The fourth-order valence-corrected chi connectivity index (χ4v) is 1.38. The second-order valence-electron chi connectivity index (χ2n) is 2.94. The Morgan fingerprint density at radius 3 is 2.86 bits per heavy atom. The van der Waals surface area contributed by atoms with Crippen molar-refractivity contribution in [3.63, 3.8) is 0 Å². The van der Waals surface area contributed by atoms with Crippen molar-refractivity contribution in [2.45, 2.75) is 19.5 Å². The molecular weight excluding hydrogens is 219 g/mol. The van der Waals surface area contributed by atoms with E-state index in [1.165, 1.54) is 0 Å². The summed E-state index contributed by atoms with van der Waals surface area (Å²) in [6.45, 7) is 2.34. The molecule has 0 radical (unpaired) electrons. The third-order valence-electron chi connectivity index (χ3n) is 1.82. The molecule has 2 nitrogen and oxygen atoms in total. The van der Waals surface area contributed by atoms with Crippen molar-refractivity contribution in [2.24, 2.45) is 0 Å². The lowest BCUT2D eigenvalue weighted by Gasteiger charge is -2.08. The zero-order valence-corrected chi connectivity index (χ0v) is 9.23. The molecule has 14 heavy (non-hydrogen) atoms. The first-order chi connectivity index (χ1) is 6.65. The van der Waals surface area contributed by atoms with Gasteiger partial charge >= 0.3 is 0 Å². The third-order valence-corrected chi connectivity index (χ3v) is 2.68. The molecule has 0 aliphatic heterocycles. The molecule has 1 unspecified atom stereocenters. The molecule has 74 valence electrons. The maximum absolute atomic E-state index is 8.57. The Bertz CT molecular complexity index is 358. The topological polar surface area (TPSA) is 35.8 Å². The van der Waals surface area contributed by atoms with Gasteiger partial charge in [0.05, 0.1) is 22.2 Å². The molecule has 0 bridgehead atoms. The van der Waals surface area contributed by atoms with Gasteiger partial charge in [0.2, 0.25) is 0 Å². The van der Waals surface area contributed by atoms with Crippen LogP contribution < -0.4 is 5.32 Å². The van der Waals surface area contributed by atoms with Gasteiger partial charge in [-0.2, -0.15) is 5.26 Å². The van der Waals surface area contributed by atoms with Gasteiger partial charge in [-0.15, -0.1) is 0 Å². The van der Waals surface area contributed by atoms with Crippen LogP contribution in [0.1, 0.15) is 12.5 Å². The Labute approximate surface area is 93.4 Å². The van der Waals surface area contributed by atoms with Crippen molar-refractivity contribution in [3.05, 3.63) is 33.8 Å². The summed E-state index contributed by atoms with van der Waals surface area (Å²) < 4.78 is 0. The Balaban J connectivity index is 2.69. The van der Waals surface area contributed by atoms with E-state index in [1.807, 2.05) is 12.1 Å². The predicted octanol–water partition coefficient (Wildman–Crippen LogP) is 3.00. The quantitative estimate of drug-likeness (QED) is 0.864. The summed E-state index contributed by atoms with van der Waals surface area (Å²) in [6.07, 6.45) is 0. The minimum atomic E-state index is -0.190. The monoisotopic (exact) mass is 228 g/mol. The number of nitrogens with one attached hydrogen (secondary N) is 1. The average Bonchev–Trinajstić information content (AvgIpc) is 2.20. The zero-order valence-electron chi connectivity index (χ0n) is 7.72. The van der Waals surface area contributed by atoms with E-state index in [4.69, 9.17) is 28.5 Å². The van der Waals surface area contributed by atoms with E-state index >= 15 is 0 Å². The lowest BCUT2D eigenvalue weighted by Crippen LogP contribution is -2.23. The molecule has 0 saturated carbocycles. The molecule has 0 heterocycles. The number of rotatable bonds is 3. The van der Waals surface area contributed by atoms with Crippen LogP contribution in [0.3, 0.4) is 0 Å². The second kappa shape index (κ2) is 5.21. The van der Waals surface area contributed by atoms with Crippen LogP contribution in [-0.4, -0.2) is 6.04 Å². The summed E-state index contributed by atoms with van der Waals surface area (Å²) in [5.41, 5.74) is 0.904. The minimum absolute atomic E-state index is 0.190. The maximum atomic E-state index is 8.57. The van der Waals surface area contributed by atoms with Crippen LogP contribution in [-0.2, 0) is 6.54 Å². The smallest absolute Gasteiger partial charge is 0.0927 e. The summed E-state index contributed by atoms with van der Waals surface area (Å²) in [7, 11) is 0. The maximum Gasteiger partial charge on any atom is 0.0927 e. The fraction of sp³-hybridized carbons (Fsp3) is 0.300. The molecule has 1 atom stereocenters. The van der Waals surface area contributed by atoms with Gasteiger partial charge in [0.25, 0.3) is 0 Å². The standard InChI is InChI=1S/C10H10Cl2N2/c1-7(5-13)14-6-8-3-2-4-9(11)10(8)12/h2-4,7,14H,6H2,1H3. The van der Waals surface area contributed by atoms with E-state index in [2.05, 4.69) is 11.4 Å². The van der Waals surface area contributed by atoms with Gasteiger partial charge in [-0.25, -0.2) is 0 Å². The van der Waals surface area contributed by atoms with E-state index < -0.39 is 0 Å². The van der Waals surface area contributed by atoms with Crippen molar-refractivity contribution in [1.29, 1.82) is 5.26 Å². The molecule has 0 saturated heterocycles. The van der Waals surface area contributed by atoms with Crippen molar-refractivity contribution in [1.82, 2.24) is 5.32 Å². The van der Waals surface area contributed by atoms with E-state index in [9.17, 15) is 0 Å². The van der Waals surface area contributed by atoms with Crippen LogP contribution in [0.4, 0.5) is 0 Å². The molecular formula is C10H10Cl2N2. The number of hydrogen-bond donors (Lipinski definition) is 1. The normalized spacial score (nSPS) is 12.1. The van der Waals surface area contributed by atoms with E-state index in [0.29, 0.717) is 16.6 Å². The predicted molar refractivity (Wildman–Crippen MR) is 58.4 cm³/mol. The molecule has 0 aliphatic carbocycles. The van der Waals surface area contributed by atoms with Crippen molar-refractivity contribution in [2.75, 3.05) is 0 Å². The number of nitriles is 1. The largest absolute Gasteiger partial charge is 0.298 e. The van der Waals surface area contributed by atoms with Crippen LogP contribution in [0, 0.1) is 11.3 Å². The van der Waals surface area contributed by atoms with E-state index in [0.717, 1.165) is 5.56 Å². The Morgan fingerprint density at radius 1 is 1.50 bits per heavy atom. The molecule has 0 fully saturated rings. The Hall–Kier alpha value is -0.750. The summed E-state index contributed by atoms with van der Waals surface area (Å²) in [5, 5.41) is 12.7. The summed E-state index contributed by atoms with van der Waals surface area (Å²) >= 11 is 11.8. The molecule has 4 heteroatoms. The van der Waals surface area contributed by atoms with Crippen molar-refractivity contribution < 1.29 is 0 Å².